The molecule has 0 aliphatic rings. The topological polar surface area (TPSA) is 50.9 Å². The summed E-state index contributed by atoms with van der Waals surface area (Å²) in [6.07, 6.45) is 1.55. The molecule has 0 unspecified atom stereocenters. The van der Waals surface area contributed by atoms with Crippen molar-refractivity contribution in [3.8, 4) is 0 Å². The SMILES string of the molecule is Cc1ccc(Nc2ncc(N)cc2Cl)cc1Cl. The first-order valence-electron chi connectivity index (χ1n) is 5.00. The molecule has 0 saturated carbocycles. The summed E-state index contributed by atoms with van der Waals surface area (Å²) in [5.74, 6) is 0.556. The molecule has 5 heteroatoms. The molecule has 88 valence electrons. The molecule has 1 aromatic carbocycles. The minimum Gasteiger partial charge on any atom is -0.397 e. The lowest BCUT2D eigenvalue weighted by atomic mass is 10.2. The zero-order valence-electron chi connectivity index (χ0n) is 9.17. The van der Waals surface area contributed by atoms with Gasteiger partial charge in [0.25, 0.3) is 0 Å². The van der Waals surface area contributed by atoms with Crippen molar-refractivity contribution in [1.29, 1.82) is 0 Å². The number of hydrogen-bond donors (Lipinski definition) is 2. The van der Waals surface area contributed by atoms with Gasteiger partial charge in [-0.05, 0) is 30.7 Å². The van der Waals surface area contributed by atoms with Crippen LogP contribution >= 0.6 is 23.2 Å². The van der Waals surface area contributed by atoms with Gasteiger partial charge >= 0.3 is 0 Å². The lowest BCUT2D eigenvalue weighted by Gasteiger charge is -2.09. The number of nitrogens with one attached hydrogen (secondary N) is 1. The first-order chi connectivity index (χ1) is 8.06. The summed E-state index contributed by atoms with van der Waals surface area (Å²) in [5, 5.41) is 4.25. The van der Waals surface area contributed by atoms with E-state index in [2.05, 4.69) is 10.3 Å². The van der Waals surface area contributed by atoms with Crippen LogP contribution in [-0.2, 0) is 0 Å². The second-order valence-electron chi connectivity index (χ2n) is 3.69. The van der Waals surface area contributed by atoms with Gasteiger partial charge in [-0.1, -0.05) is 29.3 Å². The minimum absolute atomic E-state index is 0.474. The highest BCUT2D eigenvalue weighted by Crippen LogP contribution is 2.27. The van der Waals surface area contributed by atoms with Crippen LogP contribution in [0.2, 0.25) is 10.0 Å². The van der Waals surface area contributed by atoms with E-state index >= 15 is 0 Å². The van der Waals surface area contributed by atoms with E-state index in [9.17, 15) is 0 Å². The summed E-state index contributed by atoms with van der Waals surface area (Å²) in [5.41, 5.74) is 7.95. The highest BCUT2D eigenvalue weighted by atomic mass is 35.5. The average molecular weight is 268 g/mol. The molecule has 2 rings (SSSR count). The maximum atomic E-state index is 6.03. The molecule has 0 amide bonds. The fraction of sp³-hybridized carbons (Fsp3) is 0.0833. The van der Waals surface area contributed by atoms with Gasteiger partial charge in [0.15, 0.2) is 0 Å². The summed E-state index contributed by atoms with van der Waals surface area (Å²) in [6, 6.07) is 7.31. The quantitative estimate of drug-likeness (QED) is 0.864. The van der Waals surface area contributed by atoms with E-state index in [1.807, 2.05) is 25.1 Å². The van der Waals surface area contributed by atoms with Crippen LogP contribution in [0.5, 0.6) is 0 Å². The smallest absolute Gasteiger partial charge is 0.149 e. The van der Waals surface area contributed by atoms with Crippen LogP contribution in [0, 0.1) is 6.92 Å². The molecule has 0 saturated heterocycles. The average Bonchev–Trinajstić information content (AvgIpc) is 2.27. The number of anilines is 3. The van der Waals surface area contributed by atoms with Crippen LogP contribution in [0.4, 0.5) is 17.2 Å². The number of nitrogens with zero attached hydrogens (tertiary/aromatic N) is 1. The molecule has 0 aliphatic heterocycles. The van der Waals surface area contributed by atoms with Crippen LogP contribution in [0.1, 0.15) is 5.56 Å². The van der Waals surface area contributed by atoms with Crippen molar-refractivity contribution in [2.75, 3.05) is 11.1 Å². The van der Waals surface area contributed by atoms with E-state index in [1.54, 1.807) is 12.3 Å². The van der Waals surface area contributed by atoms with Gasteiger partial charge < -0.3 is 11.1 Å². The van der Waals surface area contributed by atoms with Crippen molar-refractivity contribution >= 4 is 40.4 Å². The number of rotatable bonds is 2. The van der Waals surface area contributed by atoms with E-state index in [4.69, 9.17) is 28.9 Å². The van der Waals surface area contributed by atoms with E-state index in [1.165, 1.54) is 0 Å². The van der Waals surface area contributed by atoms with Crippen molar-refractivity contribution in [2.45, 2.75) is 6.92 Å². The van der Waals surface area contributed by atoms with E-state index in [0.717, 1.165) is 11.3 Å². The van der Waals surface area contributed by atoms with Gasteiger partial charge in [-0.3, -0.25) is 0 Å². The molecular formula is C12H11Cl2N3. The first-order valence-corrected chi connectivity index (χ1v) is 5.76. The lowest BCUT2D eigenvalue weighted by molar-refractivity contribution is 1.31. The predicted octanol–water partition coefficient (Wildman–Crippen LogP) is 4.02. The van der Waals surface area contributed by atoms with Crippen LogP contribution in [0.15, 0.2) is 30.5 Å². The highest BCUT2D eigenvalue weighted by molar-refractivity contribution is 6.33. The van der Waals surface area contributed by atoms with Crippen LogP contribution < -0.4 is 11.1 Å². The van der Waals surface area contributed by atoms with E-state index in [-0.39, 0.29) is 0 Å². The second-order valence-corrected chi connectivity index (χ2v) is 4.50. The van der Waals surface area contributed by atoms with E-state index < -0.39 is 0 Å². The Morgan fingerprint density at radius 1 is 1.18 bits per heavy atom. The third kappa shape index (κ3) is 2.81. The largest absolute Gasteiger partial charge is 0.397 e. The van der Waals surface area contributed by atoms with Gasteiger partial charge in [0.2, 0.25) is 0 Å². The Bertz CT molecular complexity index is 555. The zero-order chi connectivity index (χ0) is 12.4. The van der Waals surface area contributed by atoms with Gasteiger partial charge in [-0.25, -0.2) is 4.98 Å². The predicted molar refractivity (Wildman–Crippen MR) is 73.1 cm³/mol. The zero-order valence-corrected chi connectivity index (χ0v) is 10.7. The van der Waals surface area contributed by atoms with Crippen molar-refractivity contribution in [3.63, 3.8) is 0 Å². The maximum Gasteiger partial charge on any atom is 0.149 e. The molecule has 2 aromatic rings. The van der Waals surface area contributed by atoms with Crippen LogP contribution in [0.25, 0.3) is 0 Å². The Kier molecular flexibility index (Phi) is 3.41. The summed E-state index contributed by atoms with van der Waals surface area (Å²) >= 11 is 12.0. The highest BCUT2D eigenvalue weighted by Gasteiger charge is 2.04. The normalized spacial score (nSPS) is 10.3. The molecule has 3 N–H and O–H groups in total. The molecule has 1 aromatic heterocycles. The number of halogens is 2. The number of hydrogen-bond acceptors (Lipinski definition) is 3. The number of pyridine rings is 1. The van der Waals surface area contributed by atoms with Crippen molar-refractivity contribution in [2.24, 2.45) is 0 Å². The maximum absolute atomic E-state index is 6.03. The first kappa shape index (κ1) is 12.0. The fourth-order valence-electron chi connectivity index (χ4n) is 1.35. The Morgan fingerprint density at radius 2 is 1.94 bits per heavy atom. The molecule has 0 atom stereocenters. The molecule has 0 fully saturated rings. The third-order valence-corrected chi connectivity index (χ3v) is 2.99. The molecule has 3 nitrogen and oxygen atoms in total. The minimum atomic E-state index is 0.474. The molecule has 0 bridgehead atoms. The van der Waals surface area contributed by atoms with Crippen LogP contribution in [-0.4, -0.2) is 4.98 Å². The van der Waals surface area contributed by atoms with Crippen LogP contribution in [0.3, 0.4) is 0 Å². The van der Waals surface area contributed by atoms with Gasteiger partial charge in [0.1, 0.15) is 5.82 Å². The standard InChI is InChI=1S/C12H11Cl2N3/c1-7-2-3-9(5-10(7)13)17-12-11(14)4-8(15)6-16-12/h2-6H,15H2,1H3,(H,16,17). The van der Waals surface area contributed by atoms with Gasteiger partial charge in [0.05, 0.1) is 16.9 Å². The van der Waals surface area contributed by atoms with E-state index in [0.29, 0.717) is 21.6 Å². The monoisotopic (exact) mass is 267 g/mol. The molecular weight excluding hydrogens is 257 g/mol. The van der Waals surface area contributed by atoms with Gasteiger partial charge in [0, 0.05) is 10.7 Å². The summed E-state index contributed by atoms with van der Waals surface area (Å²) in [7, 11) is 0. The second kappa shape index (κ2) is 4.82. The number of nitrogen functional groups attached to an aromatic ring is 1. The molecule has 0 spiro atoms. The number of aromatic nitrogens is 1. The Morgan fingerprint density at radius 3 is 2.59 bits per heavy atom. The van der Waals surface area contributed by atoms with Crippen molar-refractivity contribution < 1.29 is 0 Å². The molecule has 0 radical (unpaired) electrons. The number of nitrogens with two attached hydrogens (primary N) is 1. The van der Waals surface area contributed by atoms with Crippen molar-refractivity contribution in [1.82, 2.24) is 4.98 Å². The Labute approximate surface area is 110 Å². The summed E-state index contributed by atoms with van der Waals surface area (Å²) in [4.78, 5) is 4.11. The van der Waals surface area contributed by atoms with Crippen molar-refractivity contribution in [3.05, 3.63) is 46.1 Å². The molecule has 17 heavy (non-hydrogen) atoms. The third-order valence-electron chi connectivity index (χ3n) is 2.30. The fourth-order valence-corrected chi connectivity index (χ4v) is 1.75. The van der Waals surface area contributed by atoms with Gasteiger partial charge in [-0.2, -0.15) is 0 Å². The lowest BCUT2D eigenvalue weighted by Crippen LogP contribution is -1.96. The molecule has 0 aliphatic carbocycles. The Hall–Kier alpha value is -1.45. The summed E-state index contributed by atoms with van der Waals surface area (Å²) < 4.78 is 0. The number of benzene rings is 1. The Balaban J connectivity index is 2.28. The summed E-state index contributed by atoms with van der Waals surface area (Å²) in [6.45, 7) is 1.94. The molecule has 1 heterocycles. The number of aryl methyl sites for hydroxylation is 1. The van der Waals surface area contributed by atoms with Gasteiger partial charge in [-0.15, -0.1) is 0 Å².